The van der Waals surface area contributed by atoms with Crippen molar-refractivity contribution >= 4 is 6.21 Å². The molecule has 1 saturated heterocycles. The SMILES string of the molecule is N=C/C(F)=C\NC1CCCCO1. The number of allylic oxidation sites excluding steroid dienone is 1. The molecule has 0 aromatic carbocycles. The third kappa shape index (κ3) is 3.00. The maximum atomic E-state index is 12.4. The highest BCUT2D eigenvalue weighted by Crippen LogP contribution is 2.10. The Bertz CT molecular complexity index is 176. The highest BCUT2D eigenvalue weighted by atomic mass is 19.1. The van der Waals surface area contributed by atoms with E-state index < -0.39 is 5.83 Å². The van der Waals surface area contributed by atoms with Gasteiger partial charge in [0.25, 0.3) is 0 Å². The van der Waals surface area contributed by atoms with Crippen molar-refractivity contribution in [3.8, 4) is 0 Å². The number of hydrogen-bond acceptors (Lipinski definition) is 3. The van der Waals surface area contributed by atoms with Gasteiger partial charge in [-0.3, -0.25) is 0 Å². The van der Waals surface area contributed by atoms with E-state index >= 15 is 0 Å². The average Bonchev–Trinajstić information content (AvgIpc) is 2.16. The molecule has 68 valence electrons. The lowest BCUT2D eigenvalue weighted by molar-refractivity contribution is 0.00310. The normalized spacial score (nSPS) is 25.1. The van der Waals surface area contributed by atoms with Crippen LogP contribution in [0.15, 0.2) is 12.0 Å². The zero-order valence-electron chi connectivity index (χ0n) is 6.85. The molecular weight excluding hydrogens is 159 g/mol. The van der Waals surface area contributed by atoms with Crippen molar-refractivity contribution in [2.45, 2.75) is 25.5 Å². The van der Waals surface area contributed by atoms with Crippen LogP contribution in [0.3, 0.4) is 0 Å². The Morgan fingerprint density at radius 1 is 1.58 bits per heavy atom. The van der Waals surface area contributed by atoms with Crippen molar-refractivity contribution in [3.05, 3.63) is 12.0 Å². The summed E-state index contributed by atoms with van der Waals surface area (Å²) in [4.78, 5) is 0. The fourth-order valence-corrected chi connectivity index (χ4v) is 1.09. The van der Waals surface area contributed by atoms with Gasteiger partial charge in [0.05, 0.1) is 6.21 Å². The van der Waals surface area contributed by atoms with Crippen LogP contribution in [0, 0.1) is 5.41 Å². The fraction of sp³-hybridized carbons (Fsp3) is 0.625. The molecule has 4 heteroatoms. The smallest absolute Gasteiger partial charge is 0.156 e. The molecule has 0 bridgehead atoms. The molecule has 1 heterocycles. The number of rotatable bonds is 3. The quantitative estimate of drug-likeness (QED) is 0.634. The largest absolute Gasteiger partial charge is 0.364 e. The van der Waals surface area contributed by atoms with Gasteiger partial charge in [0.1, 0.15) is 6.23 Å². The first-order valence-electron chi connectivity index (χ1n) is 4.06. The maximum Gasteiger partial charge on any atom is 0.156 e. The topological polar surface area (TPSA) is 45.1 Å². The van der Waals surface area contributed by atoms with Gasteiger partial charge in [-0.05, 0) is 19.3 Å². The molecule has 0 radical (unpaired) electrons. The first-order valence-corrected chi connectivity index (χ1v) is 4.06. The Balaban J connectivity index is 2.25. The summed E-state index contributed by atoms with van der Waals surface area (Å²) in [7, 11) is 0. The summed E-state index contributed by atoms with van der Waals surface area (Å²) in [6.45, 7) is 0.734. The highest BCUT2D eigenvalue weighted by Gasteiger charge is 2.11. The van der Waals surface area contributed by atoms with E-state index in [1.807, 2.05) is 0 Å². The lowest BCUT2D eigenvalue weighted by Gasteiger charge is -2.22. The molecule has 1 rings (SSSR count). The van der Waals surface area contributed by atoms with Crippen molar-refractivity contribution < 1.29 is 9.13 Å². The predicted octanol–water partition coefficient (Wildman–Crippen LogP) is 1.56. The Morgan fingerprint density at radius 3 is 3.00 bits per heavy atom. The molecule has 0 amide bonds. The number of ether oxygens (including phenoxy) is 1. The highest BCUT2D eigenvalue weighted by molar-refractivity contribution is 5.72. The summed E-state index contributed by atoms with van der Waals surface area (Å²) >= 11 is 0. The molecule has 0 spiro atoms. The van der Waals surface area contributed by atoms with Gasteiger partial charge >= 0.3 is 0 Å². The third-order valence-electron chi connectivity index (χ3n) is 1.72. The van der Waals surface area contributed by atoms with E-state index in [1.165, 1.54) is 6.20 Å². The van der Waals surface area contributed by atoms with Gasteiger partial charge in [0.15, 0.2) is 5.83 Å². The van der Waals surface area contributed by atoms with E-state index in [2.05, 4.69) is 5.32 Å². The van der Waals surface area contributed by atoms with Crippen molar-refractivity contribution in [1.29, 1.82) is 5.41 Å². The summed E-state index contributed by atoms with van der Waals surface area (Å²) in [5.74, 6) is -0.579. The molecule has 1 aliphatic heterocycles. The van der Waals surface area contributed by atoms with Crippen LogP contribution >= 0.6 is 0 Å². The van der Waals surface area contributed by atoms with E-state index in [0.29, 0.717) is 6.21 Å². The maximum absolute atomic E-state index is 12.4. The van der Waals surface area contributed by atoms with Gasteiger partial charge in [0.2, 0.25) is 0 Å². The molecule has 3 nitrogen and oxygen atoms in total. The Labute approximate surface area is 71.1 Å². The van der Waals surface area contributed by atoms with Crippen LogP contribution in [0.2, 0.25) is 0 Å². The van der Waals surface area contributed by atoms with Crippen LogP contribution in [-0.4, -0.2) is 19.0 Å². The van der Waals surface area contributed by atoms with Crippen molar-refractivity contribution in [1.82, 2.24) is 5.32 Å². The zero-order valence-corrected chi connectivity index (χ0v) is 6.85. The molecule has 1 aliphatic rings. The van der Waals surface area contributed by atoms with Crippen LogP contribution in [0.5, 0.6) is 0 Å². The van der Waals surface area contributed by atoms with Gasteiger partial charge in [-0.15, -0.1) is 0 Å². The standard InChI is InChI=1S/C8H13FN2O/c9-7(5-10)6-11-8-3-1-2-4-12-8/h5-6,8,10-11H,1-4H2/b7-6+,10-5?. The lowest BCUT2D eigenvalue weighted by atomic mass is 10.2. The summed E-state index contributed by atoms with van der Waals surface area (Å²) < 4.78 is 17.7. The minimum atomic E-state index is -0.579. The lowest BCUT2D eigenvalue weighted by Crippen LogP contribution is -2.31. The summed E-state index contributed by atoms with van der Waals surface area (Å²) in [6.07, 6.45) is 4.84. The fourth-order valence-electron chi connectivity index (χ4n) is 1.09. The molecule has 2 N–H and O–H groups in total. The number of hydrogen-bond donors (Lipinski definition) is 2. The van der Waals surface area contributed by atoms with Gasteiger partial charge in [-0.25, -0.2) is 4.39 Å². The van der Waals surface area contributed by atoms with Crippen LogP contribution in [0.4, 0.5) is 4.39 Å². The van der Waals surface area contributed by atoms with Gasteiger partial charge in [-0.2, -0.15) is 0 Å². The molecule has 1 fully saturated rings. The van der Waals surface area contributed by atoms with Crippen molar-refractivity contribution in [3.63, 3.8) is 0 Å². The third-order valence-corrected chi connectivity index (χ3v) is 1.72. The molecule has 0 aliphatic carbocycles. The average molecular weight is 172 g/mol. The summed E-state index contributed by atoms with van der Waals surface area (Å²) in [5, 5.41) is 9.34. The Kier molecular flexibility index (Phi) is 3.73. The van der Waals surface area contributed by atoms with E-state index in [-0.39, 0.29) is 6.23 Å². The van der Waals surface area contributed by atoms with Gasteiger partial charge in [-0.1, -0.05) is 0 Å². The van der Waals surface area contributed by atoms with Crippen molar-refractivity contribution in [2.75, 3.05) is 6.61 Å². The van der Waals surface area contributed by atoms with E-state index in [0.717, 1.165) is 25.9 Å². The minimum Gasteiger partial charge on any atom is -0.364 e. The molecule has 0 saturated carbocycles. The van der Waals surface area contributed by atoms with E-state index in [1.54, 1.807) is 0 Å². The first kappa shape index (κ1) is 9.19. The second-order valence-electron chi connectivity index (χ2n) is 2.70. The van der Waals surface area contributed by atoms with Crippen LogP contribution in [0.1, 0.15) is 19.3 Å². The van der Waals surface area contributed by atoms with Crippen LogP contribution in [0.25, 0.3) is 0 Å². The molecule has 12 heavy (non-hydrogen) atoms. The van der Waals surface area contributed by atoms with Gasteiger partial charge < -0.3 is 15.5 Å². The van der Waals surface area contributed by atoms with E-state index in [4.69, 9.17) is 10.1 Å². The Hall–Kier alpha value is -0.900. The monoisotopic (exact) mass is 172 g/mol. The summed E-state index contributed by atoms with van der Waals surface area (Å²) in [5.41, 5.74) is 0. The second kappa shape index (κ2) is 4.87. The van der Waals surface area contributed by atoms with Crippen LogP contribution in [-0.2, 0) is 4.74 Å². The predicted molar refractivity (Wildman–Crippen MR) is 44.7 cm³/mol. The molecule has 0 aromatic heterocycles. The first-order chi connectivity index (χ1) is 5.83. The molecule has 1 unspecified atom stereocenters. The Morgan fingerprint density at radius 2 is 2.42 bits per heavy atom. The minimum absolute atomic E-state index is 0.0792. The van der Waals surface area contributed by atoms with Gasteiger partial charge in [0, 0.05) is 12.8 Å². The van der Waals surface area contributed by atoms with Crippen LogP contribution < -0.4 is 5.32 Å². The van der Waals surface area contributed by atoms with E-state index in [9.17, 15) is 4.39 Å². The second-order valence-corrected chi connectivity index (χ2v) is 2.70. The zero-order chi connectivity index (χ0) is 8.81. The number of halogens is 1. The van der Waals surface area contributed by atoms with Crippen molar-refractivity contribution in [2.24, 2.45) is 0 Å². The molecule has 1 atom stereocenters. The summed E-state index contributed by atoms with van der Waals surface area (Å²) in [6, 6.07) is 0. The number of nitrogens with one attached hydrogen (secondary N) is 2. The molecule has 0 aromatic rings. The molecular formula is C8H13FN2O.